The van der Waals surface area contributed by atoms with Gasteiger partial charge in [-0.2, -0.15) is 5.10 Å². The molecule has 22 heavy (non-hydrogen) atoms. The van der Waals surface area contributed by atoms with E-state index in [1.165, 1.54) is 12.3 Å². The summed E-state index contributed by atoms with van der Waals surface area (Å²) >= 11 is 7.03. The molecule has 0 aliphatic rings. The average Bonchev–Trinajstić information content (AvgIpc) is 2.99. The smallest absolute Gasteiger partial charge is 0.259 e. The van der Waals surface area contributed by atoms with E-state index in [4.69, 9.17) is 11.6 Å². The van der Waals surface area contributed by atoms with E-state index < -0.39 is 4.92 Å². The molecule has 0 spiro atoms. The number of nitro groups is 1. The van der Waals surface area contributed by atoms with Crippen molar-refractivity contribution in [2.45, 2.75) is 0 Å². The van der Waals surface area contributed by atoms with Gasteiger partial charge in [0, 0.05) is 16.8 Å². The van der Waals surface area contributed by atoms with Crippen molar-refractivity contribution in [2.75, 3.05) is 5.43 Å². The van der Waals surface area contributed by atoms with Crippen LogP contribution in [0.1, 0.15) is 4.88 Å². The number of benzene rings is 1. The third-order valence-corrected chi connectivity index (χ3v) is 4.05. The second kappa shape index (κ2) is 6.04. The molecule has 7 nitrogen and oxygen atoms in total. The molecule has 0 unspecified atom stereocenters. The predicted octanol–water partition coefficient (Wildman–Crippen LogP) is 3.70. The Bertz CT molecular complexity index is 880. The van der Waals surface area contributed by atoms with E-state index >= 15 is 0 Å². The SMILES string of the molecule is O=[N+]([O-])c1ccc(C=NNc2nnc(Cl)c3ccccc23)s1. The molecule has 0 saturated heterocycles. The van der Waals surface area contributed by atoms with Crippen molar-refractivity contribution >= 4 is 50.7 Å². The number of nitrogens with one attached hydrogen (secondary N) is 1. The fourth-order valence-electron chi connectivity index (χ4n) is 1.82. The Balaban J connectivity index is 1.83. The summed E-state index contributed by atoms with van der Waals surface area (Å²) in [6, 6.07) is 10.5. The first-order valence-electron chi connectivity index (χ1n) is 6.09. The van der Waals surface area contributed by atoms with Crippen LogP contribution in [0.5, 0.6) is 0 Å². The molecule has 2 aromatic heterocycles. The van der Waals surface area contributed by atoms with Gasteiger partial charge in [0.1, 0.15) is 0 Å². The molecule has 9 heteroatoms. The average molecular weight is 334 g/mol. The summed E-state index contributed by atoms with van der Waals surface area (Å²) in [5.74, 6) is 0.460. The van der Waals surface area contributed by atoms with Crippen molar-refractivity contribution in [1.29, 1.82) is 0 Å². The van der Waals surface area contributed by atoms with E-state index in [2.05, 4.69) is 20.7 Å². The van der Waals surface area contributed by atoms with Gasteiger partial charge < -0.3 is 0 Å². The van der Waals surface area contributed by atoms with E-state index in [0.29, 0.717) is 15.8 Å². The number of hydrogen-bond acceptors (Lipinski definition) is 7. The van der Waals surface area contributed by atoms with Crippen LogP contribution in [-0.2, 0) is 0 Å². The number of nitrogens with zero attached hydrogens (tertiary/aromatic N) is 4. The van der Waals surface area contributed by atoms with Crippen molar-refractivity contribution in [3.05, 3.63) is 56.5 Å². The first-order valence-corrected chi connectivity index (χ1v) is 7.29. The van der Waals surface area contributed by atoms with E-state index in [1.807, 2.05) is 24.3 Å². The Labute approximate surface area is 133 Å². The number of fused-ring (bicyclic) bond motifs is 1. The van der Waals surface area contributed by atoms with Gasteiger partial charge in [-0.05, 0) is 6.07 Å². The van der Waals surface area contributed by atoms with Gasteiger partial charge in [0.15, 0.2) is 11.0 Å². The summed E-state index contributed by atoms with van der Waals surface area (Å²) in [6.07, 6.45) is 1.49. The monoisotopic (exact) mass is 333 g/mol. The van der Waals surface area contributed by atoms with Crippen LogP contribution in [0, 0.1) is 10.1 Å². The quantitative estimate of drug-likeness (QED) is 0.446. The molecule has 0 aliphatic carbocycles. The molecule has 0 bridgehead atoms. The highest BCUT2D eigenvalue weighted by atomic mass is 35.5. The zero-order valence-electron chi connectivity index (χ0n) is 10.9. The molecular formula is C13H8ClN5O2S. The summed E-state index contributed by atoms with van der Waals surface area (Å²) in [5, 5.41) is 24.4. The third kappa shape index (κ3) is 2.87. The minimum atomic E-state index is -0.437. The van der Waals surface area contributed by atoms with Crippen molar-refractivity contribution < 1.29 is 4.92 Å². The Morgan fingerprint density at radius 2 is 2.00 bits per heavy atom. The first kappa shape index (κ1) is 14.4. The minimum Gasteiger partial charge on any atom is -0.259 e. The molecule has 1 N–H and O–H groups in total. The summed E-state index contributed by atoms with van der Waals surface area (Å²) in [4.78, 5) is 10.8. The fourth-order valence-corrected chi connectivity index (χ4v) is 2.72. The van der Waals surface area contributed by atoms with Gasteiger partial charge >= 0.3 is 5.00 Å². The molecular weight excluding hydrogens is 326 g/mol. The van der Waals surface area contributed by atoms with Crippen molar-refractivity contribution in [3.8, 4) is 0 Å². The van der Waals surface area contributed by atoms with Crippen LogP contribution in [-0.4, -0.2) is 21.3 Å². The van der Waals surface area contributed by atoms with Gasteiger partial charge in [-0.3, -0.25) is 15.5 Å². The van der Waals surface area contributed by atoms with E-state index in [0.717, 1.165) is 22.1 Å². The van der Waals surface area contributed by atoms with Gasteiger partial charge in [0.25, 0.3) is 0 Å². The number of hydrogen-bond donors (Lipinski definition) is 1. The number of hydrazone groups is 1. The molecule has 0 fully saturated rings. The van der Waals surface area contributed by atoms with Crippen LogP contribution >= 0.6 is 22.9 Å². The lowest BCUT2D eigenvalue weighted by molar-refractivity contribution is -0.380. The molecule has 0 aliphatic heterocycles. The molecule has 0 amide bonds. The molecule has 2 heterocycles. The lowest BCUT2D eigenvalue weighted by atomic mass is 10.2. The van der Waals surface area contributed by atoms with Gasteiger partial charge in [0.2, 0.25) is 0 Å². The van der Waals surface area contributed by atoms with Crippen LogP contribution in [0.2, 0.25) is 5.15 Å². The second-order valence-corrected chi connectivity index (χ2v) is 5.64. The van der Waals surface area contributed by atoms with Crippen molar-refractivity contribution in [1.82, 2.24) is 10.2 Å². The normalized spacial score (nSPS) is 11.1. The summed E-state index contributed by atoms with van der Waals surface area (Å²) < 4.78 is 0. The summed E-state index contributed by atoms with van der Waals surface area (Å²) in [5.41, 5.74) is 2.78. The summed E-state index contributed by atoms with van der Waals surface area (Å²) in [7, 11) is 0. The van der Waals surface area contributed by atoms with Crippen molar-refractivity contribution in [3.63, 3.8) is 0 Å². The van der Waals surface area contributed by atoms with E-state index in [9.17, 15) is 10.1 Å². The summed E-state index contributed by atoms with van der Waals surface area (Å²) in [6.45, 7) is 0. The zero-order chi connectivity index (χ0) is 15.5. The maximum atomic E-state index is 10.6. The zero-order valence-corrected chi connectivity index (χ0v) is 12.5. The Morgan fingerprint density at radius 1 is 1.23 bits per heavy atom. The van der Waals surface area contributed by atoms with Crippen LogP contribution in [0.3, 0.4) is 0 Å². The lowest BCUT2D eigenvalue weighted by Gasteiger charge is -2.04. The molecule has 110 valence electrons. The molecule has 3 rings (SSSR count). The van der Waals surface area contributed by atoms with Gasteiger partial charge in [-0.15, -0.1) is 10.2 Å². The minimum absolute atomic E-state index is 0.0678. The predicted molar refractivity (Wildman–Crippen MR) is 86.7 cm³/mol. The highest BCUT2D eigenvalue weighted by Crippen LogP contribution is 2.26. The van der Waals surface area contributed by atoms with Gasteiger partial charge in [-0.25, -0.2) is 0 Å². The number of anilines is 1. The fraction of sp³-hybridized carbons (Fsp3) is 0. The standard InChI is InChI=1S/C13H8ClN5O2S/c14-12-9-3-1-2-4-10(9)13(18-16-12)17-15-7-8-5-6-11(22-8)19(20)21/h1-7H,(H,17,18). The number of aromatic nitrogens is 2. The number of thiophene rings is 1. The lowest BCUT2D eigenvalue weighted by Crippen LogP contribution is -1.97. The van der Waals surface area contributed by atoms with Crippen LogP contribution in [0.4, 0.5) is 10.8 Å². The number of rotatable bonds is 4. The molecule has 0 atom stereocenters. The molecule has 0 radical (unpaired) electrons. The first-order chi connectivity index (χ1) is 10.6. The maximum absolute atomic E-state index is 10.6. The van der Waals surface area contributed by atoms with Crippen LogP contribution in [0.25, 0.3) is 10.8 Å². The largest absolute Gasteiger partial charge is 0.324 e. The van der Waals surface area contributed by atoms with Crippen molar-refractivity contribution in [2.24, 2.45) is 5.10 Å². The van der Waals surface area contributed by atoms with E-state index in [1.54, 1.807) is 6.07 Å². The number of halogens is 1. The Morgan fingerprint density at radius 3 is 2.73 bits per heavy atom. The molecule has 1 aromatic carbocycles. The van der Waals surface area contributed by atoms with Gasteiger partial charge in [0.05, 0.1) is 16.0 Å². The highest BCUT2D eigenvalue weighted by molar-refractivity contribution is 7.16. The topological polar surface area (TPSA) is 93.3 Å². The second-order valence-electron chi connectivity index (χ2n) is 4.19. The maximum Gasteiger partial charge on any atom is 0.324 e. The van der Waals surface area contributed by atoms with E-state index in [-0.39, 0.29) is 5.00 Å². The highest BCUT2D eigenvalue weighted by Gasteiger charge is 2.08. The Hall–Kier alpha value is -2.58. The Kier molecular flexibility index (Phi) is 3.94. The van der Waals surface area contributed by atoms with Gasteiger partial charge in [-0.1, -0.05) is 47.2 Å². The molecule has 0 saturated carbocycles. The molecule has 3 aromatic rings. The van der Waals surface area contributed by atoms with Crippen LogP contribution in [0.15, 0.2) is 41.5 Å². The van der Waals surface area contributed by atoms with Crippen LogP contribution < -0.4 is 5.43 Å². The third-order valence-electron chi connectivity index (χ3n) is 2.80.